The van der Waals surface area contributed by atoms with Crippen molar-refractivity contribution in [3.05, 3.63) is 16.5 Å². The van der Waals surface area contributed by atoms with E-state index in [1.807, 2.05) is 20.8 Å². The van der Waals surface area contributed by atoms with Crippen molar-refractivity contribution in [3.8, 4) is 0 Å². The molecule has 0 saturated carbocycles. The Morgan fingerprint density at radius 2 is 1.88 bits per heavy atom. The van der Waals surface area contributed by atoms with Gasteiger partial charge in [-0.3, -0.25) is 9.59 Å². The van der Waals surface area contributed by atoms with Gasteiger partial charge in [0.1, 0.15) is 4.88 Å². The van der Waals surface area contributed by atoms with Gasteiger partial charge in [0.05, 0.1) is 5.00 Å². The van der Waals surface area contributed by atoms with Gasteiger partial charge < -0.3 is 15.4 Å². The largest absolute Gasteiger partial charge is 0.451 e. The Morgan fingerprint density at radius 3 is 2.44 bits per heavy atom. The summed E-state index contributed by atoms with van der Waals surface area (Å²) in [7, 11) is 0. The zero-order valence-electron chi connectivity index (χ0n) is 15.8. The fraction of sp³-hybridized carbons (Fsp3) is 0.611. The van der Waals surface area contributed by atoms with Crippen molar-refractivity contribution in [1.29, 1.82) is 0 Å². The molecule has 0 bridgehead atoms. The van der Waals surface area contributed by atoms with Crippen LogP contribution in [0.3, 0.4) is 0 Å². The highest BCUT2D eigenvalue weighted by molar-refractivity contribution is 7.18. The molecule has 2 N–H and O–H groups in total. The van der Waals surface area contributed by atoms with E-state index in [1.165, 1.54) is 0 Å². The van der Waals surface area contributed by atoms with Gasteiger partial charge in [-0.1, -0.05) is 34.6 Å². The van der Waals surface area contributed by atoms with E-state index in [1.54, 1.807) is 13.0 Å². The summed E-state index contributed by atoms with van der Waals surface area (Å²) in [5.74, 6) is -0.501. The van der Waals surface area contributed by atoms with Crippen molar-refractivity contribution in [1.82, 2.24) is 5.32 Å². The average Bonchev–Trinajstić information content (AvgIpc) is 2.84. The Morgan fingerprint density at radius 1 is 1.24 bits per heavy atom. The van der Waals surface area contributed by atoms with Crippen LogP contribution in [-0.2, 0) is 14.3 Å². The van der Waals surface area contributed by atoms with Crippen molar-refractivity contribution >= 4 is 34.1 Å². The van der Waals surface area contributed by atoms with E-state index in [0.29, 0.717) is 27.9 Å². The van der Waals surface area contributed by atoms with E-state index in [2.05, 4.69) is 24.5 Å². The molecule has 1 rings (SSSR count). The van der Waals surface area contributed by atoms with Gasteiger partial charge in [-0.25, -0.2) is 4.79 Å². The lowest BCUT2D eigenvalue weighted by Gasteiger charge is -2.16. The quantitative estimate of drug-likeness (QED) is 0.723. The van der Waals surface area contributed by atoms with Crippen LogP contribution >= 0.6 is 11.3 Å². The summed E-state index contributed by atoms with van der Waals surface area (Å²) in [5.41, 5.74) is 0.187. The molecule has 0 fully saturated rings. The van der Waals surface area contributed by atoms with E-state index in [4.69, 9.17) is 4.74 Å². The number of thiophene rings is 1. The molecule has 1 heterocycles. The van der Waals surface area contributed by atoms with Crippen molar-refractivity contribution in [2.45, 2.75) is 48.0 Å². The first kappa shape index (κ1) is 21.2. The minimum absolute atomic E-state index is 0.127. The first-order chi connectivity index (χ1) is 11.5. The molecule has 1 aromatic rings. The van der Waals surface area contributed by atoms with Gasteiger partial charge >= 0.3 is 5.97 Å². The Bertz CT molecular complexity index is 630. The Kier molecular flexibility index (Phi) is 7.60. The second kappa shape index (κ2) is 8.99. The number of carbonyl (C=O) groups is 3. The Balaban J connectivity index is 2.56. The summed E-state index contributed by atoms with van der Waals surface area (Å²) in [6, 6.07) is 1.73. The summed E-state index contributed by atoms with van der Waals surface area (Å²) in [6.45, 7) is 11.6. The molecule has 2 amide bonds. The molecule has 0 saturated heterocycles. The van der Waals surface area contributed by atoms with Crippen LogP contribution in [0.4, 0.5) is 5.00 Å². The van der Waals surface area contributed by atoms with Crippen LogP contribution in [0.15, 0.2) is 6.07 Å². The number of ether oxygens (including phenoxy) is 1. The predicted molar refractivity (Wildman–Crippen MR) is 99.9 cm³/mol. The number of nitrogens with one attached hydrogen (secondary N) is 2. The van der Waals surface area contributed by atoms with Gasteiger partial charge in [-0.15, -0.1) is 11.3 Å². The van der Waals surface area contributed by atoms with E-state index < -0.39 is 11.4 Å². The second-order valence-corrected chi connectivity index (χ2v) is 8.49. The molecular weight excluding hydrogens is 340 g/mol. The summed E-state index contributed by atoms with van der Waals surface area (Å²) in [4.78, 5) is 36.2. The van der Waals surface area contributed by atoms with Gasteiger partial charge in [0.15, 0.2) is 6.61 Å². The minimum atomic E-state index is -0.558. The summed E-state index contributed by atoms with van der Waals surface area (Å²) in [5, 5.41) is 6.10. The van der Waals surface area contributed by atoms with E-state index in [9.17, 15) is 14.4 Å². The first-order valence-electron chi connectivity index (χ1n) is 8.36. The molecule has 0 aliphatic heterocycles. The molecule has 7 heteroatoms. The molecule has 6 nitrogen and oxygen atoms in total. The van der Waals surface area contributed by atoms with Crippen LogP contribution in [0.5, 0.6) is 0 Å². The molecule has 140 valence electrons. The molecule has 0 atom stereocenters. The highest BCUT2D eigenvalue weighted by atomic mass is 32.1. The van der Waals surface area contributed by atoms with Crippen molar-refractivity contribution in [3.63, 3.8) is 0 Å². The maximum absolute atomic E-state index is 12.1. The fourth-order valence-electron chi connectivity index (χ4n) is 1.79. The van der Waals surface area contributed by atoms with Crippen LogP contribution in [-0.4, -0.2) is 30.9 Å². The number of esters is 1. The van der Waals surface area contributed by atoms with E-state index in [0.717, 1.165) is 17.8 Å². The van der Waals surface area contributed by atoms with Gasteiger partial charge in [-0.05, 0) is 30.9 Å². The predicted octanol–water partition coefficient (Wildman–Crippen LogP) is 3.36. The average molecular weight is 368 g/mol. The molecule has 0 unspecified atom stereocenters. The lowest BCUT2D eigenvalue weighted by molar-refractivity contribution is -0.124. The molecule has 0 aromatic carbocycles. The smallest absolute Gasteiger partial charge is 0.349 e. The molecule has 0 aliphatic carbocycles. The van der Waals surface area contributed by atoms with Crippen molar-refractivity contribution < 1.29 is 19.1 Å². The summed E-state index contributed by atoms with van der Waals surface area (Å²) in [6.07, 6.45) is 0.876. The SMILES string of the molecule is Cc1cc(NC(=O)C(C)(C)C)sc1C(=O)OCC(=O)NCCC(C)C. The highest BCUT2D eigenvalue weighted by Gasteiger charge is 2.23. The van der Waals surface area contributed by atoms with Crippen molar-refractivity contribution in [2.24, 2.45) is 11.3 Å². The first-order valence-corrected chi connectivity index (χ1v) is 9.18. The number of hydrogen-bond acceptors (Lipinski definition) is 5. The standard InChI is InChI=1S/C18H28N2O4S/c1-11(2)7-8-19-13(21)10-24-16(22)15-12(3)9-14(25-15)20-17(23)18(4,5)6/h9,11H,7-8,10H2,1-6H3,(H,19,21)(H,20,23). The second-order valence-electron chi connectivity index (χ2n) is 7.44. The summed E-state index contributed by atoms with van der Waals surface area (Å²) < 4.78 is 5.06. The number of aryl methyl sites for hydroxylation is 1. The van der Waals surface area contributed by atoms with Crippen LogP contribution in [0, 0.1) is 18.3 Å². The van der Waals surface area contributed by atoms with Crippen molar-refractivity contribution in [2.75, 3.05) is 18.5 Å². The molecule has 25 heavy (non-hydrogen) atoms. The number of carbonyl (C=O) groups excluding carboxylic acids is 3. The van der Waals surface area contributed by atoms with Gasteiger partial charge in [0.25, 0.3) is 5.91 Å². The van der Waals surface area contributed by atoms with Crippen LogP contribution in [0.1, 0.15) is 56.3 Å². The zero-order valence-corrected chi connectivity index (χ0v) is 16.6. The lowest BCUT2D eigenvalue weighted by Crippen LogP contribution is -2.30. The van der Waals surface area contributed by atoms with Gasteiger partial charge in [0.2, 0.25) is 5.91 Å². The third-order valence-corrected chi connectivity index (χ3v) is 4.53. The van der Waals surface area contributed by atoms with Crippen LogP contribution in [0.2, 0.25) is 0 Å². The normalized spacial score (nSPS) is 11.3. The van der Waals surface area contributed by atoms with E-state index in [-0.39, 0.29) is 18.4 Å². The molecule has 0 aliphatic rings. The third kappa shape index (κ3) is 7.25. The van der Waals surface area contributed by atoms with E-state index >= 15 is 0 Å². The molecular formula is C18H28N2O4S. The maximum atomic E-state index is 12.1. The molecule has 0 spiro atoms. The van der Waals surface area contributed by atoms with Crippen LogP contribution in [0.25, 0.3) is 0 Å². The highest BCUT2D eigenvalue weighted by Crippen LogP contribution is 2.29. The lowest BCUT2D eigenvalue weighted by atomic mass is 9.96. The maximum Gasteiger partial charge on any atom is 0.349 e. The monoisotopic (exact) mass is 368 g/mol. The topological polar surface area (TPSA) is 84.5 Å². The summed E-state index contributed by atoms with van der Waals surface area (Å²) >= 11 is 1.15. The number of anilines is 1. The van der Waals surface area contributed by atoms with Gasteiger partial charge in [0, 0.05) is 12.0 Å². The molecule has 0 radical (unpaired) electrons. The number of hydrogen-bond donors (Lipinski definition) is 2. The minimum Gasteiger partial charge on any atom is -0.451 e. The third-order valence-electron chi connectivity index (χ3n) is 3.40. The van der Waals surface area contributed by atoms with Gasteiger partial charge in [-0.2, -0.15) is 0 Å². The number of rotatable bonds is 7. The number of amides is 2. The Hall–Kier alpha value is -1.89. The molecule has 1 aromatic heterocycles. The Labute approximate surface area is 153 Å². The van der Waals surface area contributed by atoms with Crippen LogP contribution < -0.4 is 10.6 Å². The fourth-order valence-corrected chi connectivity index (χ4v) is 2.76. The zero-order chi connectivity index (χ0) is 19.2.